The third-order valence-electron chi connectivity index (χ3n) is 3.46. The fraction of sp³-hybridized carbons (Fsp3) is 0.250. The highest BCUT2D eigenvalue weighted by atomic mass is 32.1. The van der Waals surface area contributed by atoms with Crippen LogP contribution in [0.25, 0.3) is 11.3 Å². The highest BCUT2D eigenvalue weighted by molar-refractivity contribution is 7.05. The van der Waals surface area contributed by atoms with Crippen LogP contribution in [-0.2, 0) is 22.7 Å². The summed E-state index contributed by atoms with van der Waals surface area (Å²) in [5.41, 5.74) is 3.58. The molecule has 0 amide bonds. The molecule has 6 nitrogen and oxygen atoms in total. The summed E-state index contributed by atoms with van der Waals surface area (Å²) < 4.78 is 11.0. The minimum absolute atomic E-state index is 0.0372. The molecular weight excluding hydrogens is 312 g/mol. The third-order valence-corrected chi connectivity index (χ3v) is 4.34. The molecule has 2 aromatic heterocycles. The van der Waals surface area contributed by atoms with Crippen LogP contribution in [-0.4, -0.2) is 25.3 Å². The Morgan fingerprint density at radius 1 is 1.26 bits per heavy atom. The second kappa shape index (κ2) is 6.70. The molecule has 0 bridgehead atoms. The van der Waals surface area contributed by atoms with Gasteiger partial charge in [-0.3, -0.25) is 4.79 Å². The van der Waals surface area contributed by atoms with Crippen molar-refractivity contribution < 1.29 is 9.53 Å². The van der Waals surface area contributed by atoms with Crippen LogP contribution in [0.2, 0.25) is 0 Å². The number of ether oxygens (including phenoxy) is 1. The molecule has 0 fully saturated rings. The molecule has 23 heavy (non-hydrogen) atoms. The Kier molecular flexibility index (Phi) is 4.47. The molecule has 118 valence electrons. The summed E-state index contributed by atoms with van der Waals surface area (Å²) in [5, 5.41) is 8.04. The Labute approximate surface area is 137 Å². The number of carbonyl (C=O) groups excluding carboxylic acids is 1. The van der Waals surface area contributed by atoms with Crippen LogP contribution in [0.3, 0.4) is 0 Å². The maximum absolute atomic E-state index is 11.9. The number of hydrogen-bond donors (Lipinski definition) is 0. The number of nitrogens with zero attached hydrogens (tertiary/aromatic N) is 4. The highest BCUT2D eigenvalue weighted by Gasteiger charge is 2.12. The van der Waals surface area contributed by atoms with Crippen molar-refractivity contribution in [1.82, 2.24) is 19.4 Å². The van der Waals surface area contributed by atoms with Gasteiger partial charge in [0.05, 0.1) is 11.9 Å². The first-order valence-corrected chi connectivity index (χ1v) is 7.94. The van der Waals surface area contributed by atoms with Crippen molar-refractivity contribution in [2.24, 2.45) is 0 Å². The zero-order chi connectivity index (χ0) is 16.2. The third kappa shape index (κ3) is 3.62. The highest BCUT2D eigenvalue weighted by Crippen LogP contribution is 2.18. The van der Waals surface area contributed by atoms with Gasteiger partial charge in [-0.15, -0.1) is 5.10 Å². The molecule has 0 atom stereocenters. The van der Waals surface area contributed by atoms with E-state index in [4.69, 9.17) is 4.74 Å². The van der Waals surface area contributed by atoms with E-state index in [0.717, 1.165) is 27.4 Å². The van der Waals surface area contributed by atoms with Gasteiger partial charge in [0.25, 0.3) is 0 Å². The van der Waals surface area contributed by atoms with Crippen molar-refractivity contribution in [3.05, 3.63) is 52.7 Å². The van der Waals surface area contributed by atoms with E-state index in [-0.39, 0.29) is 19.1 Å². The summed E-state index contributed by atoms with van der Waals surface area (Å²) in [5.74, 6) is -0.348. The number of aromatic nitrogens is 4. The zero-order valence-electron chi connectivity index (χ0n) is 12.9. The monoisotopic (exact) mass is 328 g/mol. The molecular formula is C16H16N4O2S. The van der Waals surface area contributed by atoms with Crippen molar-refractivity contribution in [2.75, 3.05) is 0 Å². The van der Waals surface area contributed by atoms with Gasteiger partial charge in [0, 0.05) is 16.0 Å². The Hall–Kier alpha value is -2.54. The van der Waals surface area contributed by atoms with Gasteiger partial charge in [-0.05, 0) is 25.4 Å². The van der Waals surface area contributed by atoms with E-state index in [1.54, 1.807) is 6.20 Å². The lowest BCUT2D eigenvalue weighted by molar-refractivity contribution is -0.145. The summed E-state index contributed by atoms with van der Waals surface area (Å²) in [7, 11) is 0. The Morgan fingerprint density at radius 3 is 2.74 bits per heavy atom. The normalized spacial score (nSPS) is 10.7. The topological polar surface area (TPSA) is 69.9 Å². The molecule has 0 spiro atoms. The first-order valence-electron chi connectivity index (χ1n) is 7.16. The molecule has 3 rings (SSSR count). The minimum Gasteiger partial charge on any atom is -0.459 e. The number of aryl methyl sites for hydroxylation is 2. The Bertz CT molecular complexity index is 791. The molecule has 0 N–H and O–H groups in total. The lowest BCUT2D eigenvalue weighted by atomic mass is 10.2. The number of benzene rings is 1. The van der Waals surface area contributed by atoms with Crippen molar-refractivity contribution >= 4 is 17.5 Å². The SMILES string of the molecule is Cc1nsc(C)c1COC(=O)Cn1cc(-c2ccccc2)nn1. The molecule has 0 radical (unpaired) electrons. The largest absolute Gasteiger partial charge is 0.459 e. The quantitative estimate of drug-likeness (QED) is 0.674. The summed E-state index contributed by atoms with van der Waals surface area (Å²) in [6, 6.07) is 9.70. The van der Waals surface area contributed by atoms with Crippen LogP contribution >= 0.6 is 11.5 Å². The lowest BCUT2D eigenvalue weighted by Gasteiger charge is -2.04. The molecule has 3 aromatic rings. The number of hydrogen-bond acceptors (Lipinski definition) is 6. The lowest BCUT2D eigenvalue weighted by Crippen LogP contribution is -2.14. The zero-order valence-corrected chi connectivity index (χ0v) is 13.7. The van der Waals surface area contributed by atoms with Gasteiger partial charge in [-0.1, -0.05) is 35.5 Å². The number of rotatable bonds is 5. The van der Waals surface area contributed by atoms with E-state index in [1.807, 2.05) is 44.2 Å². The molecule has 1 aromatic carbocycles. The number of esters is 1. The van der Waals surface area contributed by atoms with Gasteiger partial charge in [0.1, 0.15) is 18.8 Å². The second-order valence-corrected chi connectivity index (χ2v) is 6.11. The van der Waals surface area contributed by atoms with Gasteiger partial charge in [0.15, 0.2) is 0 Å². The summed E-state index contributed by atoms with van der Waals surface area (Å²) in [6.07, 6.45) is 1.74. The van der Waals surface area contributed by atoms with Gasteiger partial charge in [-0.25, -0.2) is 4.68 Å². The number of carbonyl (C=O) groups is 1. The molecule has 0 unspecified atom stereocenters. The standard InChI is InChI=1S/C16H16N4O2S/c1-11-14(12(2)23-18-11)10-22-16(21)9-20-8-15(17-19-20)13-6-4-3-5-7-13/h3-8H,9-10H2,1-2H3. The molecule has 7 heteroatoms. The van der Waals surface area contributed by atoms with Gasteiger partial charge >= 0.3 is 5.97 Å². The van der Waals surface area contributed by atoms with E-state index in [9.17, 15) is 4.79 Å². The van der Waals surface area contributed by atoms with Crippen LogP contribution in [0, 0.1) is 13.8 Å². The summed E-state index contributed by atoms with van der Waals surface area (Å²) in [6.45, 7) is 4.16. The first kappa shape index (κ1) is 15.4. The fourth-order valence-corrected chi connectivity index (χ4v) is 2.86. The van der Waals surface area contributed by atoms with Gasteiger partial charge in [0.2, 0.25) is 0 Å². The predicted molar refractivity (Wildman–Crippen MR) is 86.8 cm³/mol. The molecule has 0 aliphatic carbocycles. The van der Waals surface area contributed by atoms with Gasteiger partial charge < -0.3 is 4.74 Å². The molecule has 0 saturated heterocycles. The summed E-state index contributed by atoms with van der Waals surface area (Å²) in [4.78, 5) is 13.0. The van der Waals surface area contributed by atoms with Crippen molar-refractivity contribution in [1.29, 1.82) is 0 Å². The predicted octanol–water partition coefficient (Wildman–Crippen LogP) is 2.76. The van der Waals surface area contributed by atoms with Crippen molar-refractivity contribution in [3.63, 3.8) is 0 Å². The first-order chi connectivity index (χ1) is 11.1. The smallest absolute Gasteiger partial charge is 0.328 e. The fourth-order valence-electron chi connectivity index (χ4n) is 2.16. The molecule has 0 aliphatic rings. The van der Waals surface area contributed by atoms with E-state index in [1.165, 1.54) is 16.2 Å². The average Bonchev–Trinajstić information content (AvgIpc) is 3.14. The maximum Gasteiger partial charge on any atom is 0.328 e. The van der Waals surface area contributed by atoms with Gasteiger partial charge in [-0.2, -0.15) is 4.37 Å². The second-order valence-electron chi connectivity index (χ2n) is 5.13. The molecule has 0 saturated carbocycles. The summed E-state index contributed by atoms with van der Waals surface area (Å²) >= 11 is 1.42. The minimum atomic E-state index is -0.348. The van der Waals surface area contributed by atoms with Crippen LogP contribution in [0.4, 0.5) is 0 Å². The van der Waals surface area contributed by atoms with E-state index >= 15 is 0 Å². The van der Waals surface area contributed by atoms with Crippen LogP contribution in [0.5, 0.6) is 0 Å². The Morgan fingerprint density at radius 2 is 2.04 bits per heavy atom. The van der Waals surface area contributed by atoms with Crippen LogP contribution < -0.4 is 0 Å². The van der Waals surface area contributed by atoms with E-state index in [0.29, 0.717) is 0 Å². The molecule has 2 heterocycles. The van der Waals surface area contributed by atoms with Crippen LogP contribution in [0.1, 0.15) is 16.1 Å². The van der Waals surface area contributed by atoms with Crippen molar-refractivity contribution in [2.45, 2.75) is 27.0 Å². The Balaban J connectivity index is 1.59. The average molecular weight is 328 g/mol. The molecule has 0 aliphatic heterocycles. The van der Waals surface area contributed by atoms with Crippen LogP contribution in [0.15, 0.2) is 36.5 Å². The van der Waals surface area contributed by atoms with Crippen molar-refractivity contribution in [3.8, 4) is 11.3 Å². The maximum atomic E-state index is 11.9. The van der Waals surface area contributed by atoms with E-state index in [2.05, 4.69) is 14.7 Å². The van der Waals surface area contributed by atoms with E-state index < -0.39 is 0 Å².